The number of alkyl halides is 1. The zero-order chi connectivity index (χ0) is 12.7. The zero-order valence-electron chi connectivity index (χ0n) is 10.4. The van der Waals surface area contributed by atoms with E-state index in [-0.39, 0.29) is 5.38 Å². The lowest BCUT2D eigenvalue weighted by Crippen LogP contribution is -2.29. The molecule has 6 heteroatoms. The molecule has 1 aromatic rings. The minimum absolute atomic E-state index is 0.0810. The maximum absolute atomic E-state index is 6.08. The quantitative estimate of drug-likeness (QED) is 0.696. The topological polar surface area (TPSA) is 47.5 Å². The van der Waals surface area contributed by atoms with E-state index in [4.69, 9.17) is 21.1 Å². The third-order valence-electron chi connectivity index (χ3n) is 2.10. The smallest absolute Gasteiger partial charge is 0.234 e. The van der Waals surface area contributed by atoms with Crippen molar-refractivity contribution in [1.29, 1.82) is 0 Å². The molecule has 1 rings (SSSR count). The van der Waals surface area contributed by atoms with Gasteiger partial charge in [-0.15, -0.1) is 11.6 Å². The van der Waals surface area contributed by atoms with Gasteiger partial charge in [-0.3, -0.25) is 4.98 Å². The number of ether oxygens (including phenoxy) is 2. The van der Waals surface area contributed by atoms with Gasteiger partial charge in [0.25, 0.3) is 0 Å². The van der Waals surface area contributed by atoms with Gasteiger partial charge in [0.05, 0.1) is 31.0 Å². The molecule has 0 aliphatic heterocycles. The Kier molecular flexibility index (Phi) is 6.00. The van der Waals surface area contributed by atoms with Gasteiger partial charge in [-0.2, -0.15) is 4.98 Å². The first-order valence-electron chi connectivity index (χ1n) is 5.46. The summed E-state index contributed by atoms with van der Waals surface area (Å²) >= 11 is 6.08. The second-order valence-corrected chi connectivity index (χ2v) is 4.20. The highest BCUT2D eigenvalue weighted by molar-refractivity contribution is 6.21. The molecule has 17 heavy (non-hydrogen) atoms. The van der Waals surface area contributed by atoms with Crippen molar-refractivity contribution in [3.63, 3.8) is 0 Å². The first kappa shape index (κ1) is 14.0. The number of hydrogen-bond acceptors (Lipinski definition) is 5. The average molecular weight is 260 g/mol. The van der Waals surface area contributed by atoms with Gasteiger partial charge < -0.3 is 14.4 Å². The molecular formula is C11H18ClN3O2. The van der Waals surface area contributed by atoms with Gasteiger partial charge in [0.15, 0.2) is 5.82 Å². The Bertz CT molecular complexity index is 338. The summed E-state index contributed by atoms with van der Waals surface area (Å²) in [5, 5.41) is -0.0810. The van der Waals surface area contributed by atoms with Gasteiger partial charge in [-0.25, -0.2) is 0 Å². The van der Waals surface area contributed by atoms with Crippen LogP contribution in [0.1, 0.15) is 6.92 Å². The molecule has 0 spiro atoms. The van der Waals surface area contributed by atoms with Crippen LogP contribution in [0.15, 0.2) is 12.4 Å². The van der Waals surface area contributed by atoms with Crippen LogP contribution >= 0.6 is 11.6 Å². The first-order chi connectivity index (χ1) is 8.17. The lowest BCUT2D eigenvalue weighted by Gasteiger charge is -2.20. The second kappa shape index (κ2) is 7.29. The van der Waals surface area contributed by atoms with Crippen LogP contribution in [0.25, 0.3) is 0 Å². The van der Waals surface area contributed by atoms with E-state index in [1.54, 1.807) is 19.5 Å². The number of hydrogen-bond donors (Lipinski definition) is 0. The van der Waals surface area contributed by atoms with Crippen LogP contribution in [0.4, 0.5) is 5.82 Å². The van der Waals surface area contributed by atoms with Crippen LogP contribution in [-0.2, 0) is 4.74 Å². The van der Waals surface area contributed by atoms with Gasteiger partial charge in [-0.1, -0.05) is 0 Å². The standard InChI is InChI=1S/C11H18ClN3O2/c1-4-17-11-6-13-5-10(14-11)15(2)7-9(12)8-16-3/h5-6,9H,4,7-8H2,1-3H3. The lowest BCUT2D eigenvalue weighted by atomic mass is 10.4. The molecule has 1 aromatic heterocycles. The van der Waals surface area contributed by atoms with E-state index in [0.717, 1.165) is 5.82 Å². The Morgan fingerprint density at radius 1 is 1.47 bits per heavy atom. The summed E-state index contributed by atoms with van der Waals surface area (Å²) in [5.41, 5.74) is 0. The molecule has 0 N–H and O–H groups in total. The maximum atomic E-state index is 6.08. The fourth-order valence-corrected chi connectivity index (χ4v) is 1.70. The van der Waals surface area contributed by atoms with E-state index in [2.05, 4.69) is 9.97 Å². The molecule has 1 heterocycles. The maximum Gasteiger partial charge on any atom is 0.234 e. The summed E-state index contributed by atoms with van der Waals surface area (Å²) in [6, 6.07) is 0. The van der Waals surface area contributed by atoms with Crippen LogP contribution in [-0.4, -0.2) is 49.3 Å². The van der Waals surface area contributed by atoms with Crippen molar-refractivity contribution in [3.05, 3.63) is 12.4 Å². The molecule has 5 nitrogen and oxygen atoms in total. The minimum atomic E-state index is -0.0810. The number of nitrogens with zero attached hydrogens (tertiary/aromatic N) is 3. The van der Waals surface area contributed by atoms with Gasteiger partial charge in [0, 0.05) is 20.7 Å². The van der Waals surface area contributed by atoms with E-state index in [1.165, 1.54) is 0 Å². The van der Waals surface area contributed by atoms with E-state index in [1.807, 2.05) is 18.9 Å². The van der Waals surface area contributed by atoms with Crippen molar-refractivity contribution in [2.24, 2.45) is 0 Å². The summed E-state index contributed by atoms with van der Waals surface area (Å²) in [4.78, 5) is 10.3. The van der Waals surface area contributed by atoms with Crippen LogP contribution in [0.5, 0.6) is 5.88 Å². The molecule has 0 fully saturated rings. The molecule has 0 aromatic carbocycles. The average Bonchev–Trinajstić information content (AvgIpc) is 2.30. The zero-order valence-corrected chi connectivity index (χ0v) is 11.1. The summed E-state index contributed by atoms with van der Waals surface area (Å²) in [7, 11) is 3.54. The van der Waals surface area contributed by atoms with Crippen molar-refractivity contribution < 1.29 is 9.47 Å². The molecule has 1 atom stereocenters. The third-order valence-corrected chi connectivity index (χ3v) is 2.37. The molecule has 96 valence electrons. The SMILES string of the molecule is CCOc1cncc(N(C)CC(Cl)COC)n1. The van der Waals surface area contributed by atoms with Crippen molar-refractivity contribution in [1.82, 2.24) is 9.97 Å². The van der Waals surface area contributed by atoms with Crippen LogP contribution < -0.4 is 9.64 Å². The summed E-state index contributed by atoms with van der Waals surface area (Å²) in [5.74, 6) is 1.26. The summed E-state index contributed by atoms with van der Waals surface area (Å²) in [6.07, 6.45) is 3.27. The van der Waals surface area contributed by atoms with Crippen LogP contribution in [0, 0.1) is 0 Å². The fraction of sp³-hybridized carbons (Fsp3) is 0.636. The molecule has 0 radical (unpaired) electrons. The Balaban J connectivity index is 2.61. The monoisotopic (exact) mass is 259 g/mol. The minimum Gasteiger partial charge on any atom is -0.477 e. The number of aromatic nitrogens is 2. The van der Waals surface area contributed by atoms with Gasteiger partial charge >= 0.3 is 0 Å². The van der Waals surface area contributed by atoms with Crippen molar-refractivity contribution in [2.45, 2.75) is 12.3 Å². The highest BCUT2D eigenvalue weighted by atomic mass is 35.5. The lowest BCUT2D eigenvalue weighted by molar-refractivity contribution is 0.199. The van der Waals surface area contributed by atoms with Crippen molar-refractivity contribution in [2.75, 3.05) is 38.8 Å². The van der Waals surface area contributed by atoms with E-state index < -0.39 is 0 Å². The predicted molar refractivity (Wildman–Crippen MR) is 68.0 cm³/mol. The Morgan fingerprint density at radius 2 is 2.24 bits per heavy atom. The van der Waals surface area contributed by atoms with Gasteiger partial charge in [0.1, 0.15) is 0 Å². The highest BCUT2D eigenvalue weighted by Crippen LogP contribution is 2.13. The van der Waals surface area contributed by atoms with E-state index in [0.29, 0.717) is 25.6 Å². The molecule has 0 saturated carbocycles. The molecular weight excluding hydrogens is 242 g/mol. The van der Waals surface area contributed by atoms with Gasteiger partial charge in [-0.05, 0) is 6.92 Å². The second-order valence-electron chi connectivity index (χ2n) is 3.58. The Morgan fingerprint density at radius 3 is 2.88 bits per heavy atom. The largest absolute Gasteiger partial charge is 0.477 e. The van der Waals surface area contributed by atoms with Gasteiger partial charge in [0.2, 0.25) is 5.88 Å². The van der Waals surface area contributed by atoms with Crippen LogP contribution in [0.3, 0.4) is 0 Å². The Labute approximate surface area is 107 Å². The summed E-state index contributed by atoms with van der Waals surface area (Å²) < 4.78 is 10.3. The van der Waals surface area contributed by atoms with E-state index >= 15 is 0 Å². The number of halogens is 1. The molecule has 0 aliphatic carbocycles. The molecule has 0 bridgehead atoms. The molecule has 0 saturated heterocycles. The van der Waals surface area contributed by atoms with Crippen molar-refractivity contribution >= 4 is 17.4 Å². The number of methoxy groups -OCH3 is 1. The first-order valence-corrected chi connectivity index (χ1v) is 5.90. The Hall–Kier alpha value is -1.07. The normalized spacial score (nSPS) is 12.2. The number of anilines is 1. The molecule has 0 aliphatic rings. The van der Waals surface area contributed by atoms with Crippen LogP contribution in [0.2, 0.25) is 0 Å². The fourth-order valence-electron chi connectivity index (χ4n) is 1.36. The van der Waals surface area contributed by atoms with E-state index in [9.17, 15) is 0 Å². The molecule has 0 amide bonds. The third kappa shape index (κ3) is 4.75. The van der Waals surface area contributed by atoms with Crippen molar-refractivity contribution in [3.8, 4) is 5.88 Å². The predicted octanol–water partition coefficient (Wildman–Crippen LogP) is 1.57. The molecule has 1 unspecified atom stereocenters. The highest BCUT2D eigenvalue weighted by Gasteiger charge is 2.10. The number of rotatable bonds is 7. The summed E-state index contributed by atoms with van der Waals surface area (Å²) in [6.45, 7) is 3.62.